The Balaban J connectivity index is 1.39. The van der Waals surface area contributed by atoms with Gasteiger partial charge in [0.15, 0.2) is 10.9 Å². The van der Waals surface area contributed by atoms with Gasteiger partial charge in [-0.1, -0.05) is 36.0 Å². The number of hydrogen-bond acceptors (Lipinski definition) is 5. The molecule has 1 N–H and O–H groups in total. The quantitative estimate of drug-likeness (QED) is 0.341. The summed E-state index contributed by atoms with van der Waals surface area (Å²) >= 11 is 3.26. The second-order valence-electron chi connectivity index (χ2n) is 7.13. The predicted octanol–water partition coefficient (Wildman–Crippen LogP) is 5.11. The number of fused-ring (bicyclic) bond motifs is 1. The van der Waals surface area contributed by atoms with E-state index < -0.39 is 0 Å². The van der Waals surface area contributed by atoms with Gasteiger partial charge in [-0.05, 0) is 37.3 Å². The summed E-state index contributed by atoms with van der Waals surface area (Å²) < 4.78 is 2.25. The van der Waals surface area contributed by atoms with E-state index in [2.05, 4.69) is 37.3 Å². The third-order valence-corrected chi connectivity index (χ3v) is 7.00. The van der Waals surface area contributed by atoms with Crippen LogP contribution in [0.15, 0.2) is 53.1 Å². The second kappa shape index (κ2) is 7.22. The Labute approximate surface area is 171 Å². The lowest BCUT2D eigenvalue weighted by atomic mass is 10.1. The molecule has 7 heteroatoms. The topological polar surface area (TPSA) is 63.6 Å². The largest absolute Gasteiger partial charge is 0.360 e. The molecule has 1 atom stereocenters. The van der Waals surface area contributed by atoms with Gasteiger partial charge < -0.3 is 9.55 Å². The number of ketones is 1. The Morgan fingerprint density at radius 2 is 2.14 bits per heavy atom. The van der Waals surface area contributed by atoms with Gasteiger partial charge in [0, 0.05) is 40.0 Å². The third kappa shape index (κ3) is 3.29. The van der Waals surface area contributed by atoms with Crippen LogP contribution in [0.4, 0.5) is 0 Å². The summed E-state index contributed by atoms with van der Waals surface area (Å²) in [6, 6.07) is 12.6. The van der Waals surface area contributed by atoms with Crippen molar-refractivity contribution < 1.29 is 4.79 Å². The van der Waals surface area contributed by atoms with Crippen molar-refractivity contribution in [1.82, 2.24) is 19.7 Å². The number of aromatic nitrogens is 4. The normalized spacial score (nSPS) is 15.2. The number of carbonyl (C=O) groups excluding carboxylic acids is 1. The fourth-order valence-corrected chi connectivity index (χ4v) is 5.19. The van der Waals surface area contributed by atoms with Gasteiger partial charge in [0.05, 0.1) is 5.25 Å². The Hall–Kier alpha value is -2.38. The molecule has 1 fully saturated rings. The summed E-state index contributed by atoms with van der Waals surface area (Å²) in [5.41, 5.74) is 1.73. The van der Waals surface area contributed by atoms with Gasteiger partial charge in [-0.25, -0.2) is 0 Å². The Morgan fingerprint density at radius 1 is 1.29 bits per heavy atom. The number of rotatable bonds is 7. The minimum absolute atomic E-state index is 0.118. The molecule has 0 saturated heterocycles. The Kier molecular flexibility index (Phi) is 4.56. The van der Waals surface area contributed by atoms with Crippen molar-refractivity contribution in [2.45, 2.75) is 42.6 Å². The maximum Gasteiger partial charge on any atom is 0.192 e. The molecular formula is C21H20N4OS2. The number of hydrogen-bond donors (Lipinski definition) is 1. The smallest absolute Gasteiger partial charge is 0.192 e. The van der Waals surface area contributed by atoms with Crippen molar-refractivity contribution in [2.75, 3.05) is 0 Å². The number of carbonyl (C=O) groups is 1. The molecule has 1 saturated carbocycles. The predicted molar refractivity (Wildman–Crippen MR) is 113 cm³/mol. The summed E-state index contributed by atoms with van der Waals surface area (Å²) in [6.07, 6.45) is 4.94. The number of benzene rings is 1. The molecule has 1 aliphatic rings. The van der Waals surface area contributed by atoms with E-state index >= 15 is 0 Å². The molecular weight excluding hydrogens is 388 g/mol. The van der Waals surface area contributed by atoms with Crippen molar-refractivity contribution in [3.63, 3.8) is 0 Å². The summed E-state index contributed by atoms with van der Waals surface area (Å²) in [5, 5.41) is 12.6. The summed E-state index contributed by atoms with van der Waals surface area (Å²) in [4.78, 5) is 17.6. The second-order valence-corrected chi connectivity index (χ2v) is 9.47. The minimum atomic E-state index is -0.226. The van der Waals surface area contributed by atoms with E-state index in [9.17, 15) is 4.79 Å². The molecule has 28 heavy (non-hydrogen) atoms. The number of Topliss-reactive ketones (excluding diaryl/α,β-unsaturated/α-hetero) is 1. The first-order chi connectivity index (χ1) is 13.7. The van der Waals surface area contributed by atoms with E-state index in [0.29, 0.717) is 6.04 Å². The lowest BCUT2D eigenvalue weighted by Gasteiger charge is -2.12. The molecule has 142 valence electrons. The van der Waals surface area contributed by atoms with Crippen LogP contribution in [0.25, 0.3) is 10.9 Å². The van der Waals surface area contributed by atoms with Gasteiger partial charge in [-0.3, -0.25) is 4.79 Å². The first-order valence-corrected chi connectivity index (χ1v) is 11.2. The Bertz CT molecular complexity index is 1120. The lowest BCUT2D eigenvalue weighted by molar-refractivity contribution is 0.0995. The van der Waals surface area contributed by atoms with Crippen molar-refractivity contribution >= 4 is 39.8 Å². The molecule has 0 unspecified atom stereocenters. The van der Waals surface area contributed by atoms with Crippen LogP contribution in [0.5, 0.6) is 0 Å². The monoisotopic (exact) mass is 408 g/mol. The summed E-state index contributed by atoms with van der Waals surface area (Å²) in [5.74, 6) is 1.12. The highest BCUT2D eigenvalue weighted by atomic mass is 32.2. The number of thiophene rings is 1. The maximum atomic E-state index is 13.1. The molecule has 5 nitrogen and oxygen atoms in total. The minimum Gasteiger partial charge on any atom is -0.360 e. The maximum absolute atomic E-state index is 13.1. The van der Waals surface area contributed by atoms with Gasteiger partial charge in [0.1, 0.15) is 5.82 Å². The fourth-order valence-electron chi connectivity index (χ4n) is 3.48. The molecule has 4 aromatic rings. The molecule has 0 amide bonds. The van der Waals surface area contributed by atoms with Crippen LogP contribution in [0, 0.1) is 0 Å². The number of nitrogens with one attached hydrogen (secondary N) is 1. The average Bonchev–Trinajstić information content (AvgIpc) is 3.09. The highest BCUT2D eigenvalue weighted by Crippen LogP contribution is 2.40. The lowest BCUT2D eigenvalue weighted by Crippen LogP contribution is -2.14. The van der Waals surface area contributed by atoms with E-state index in [0.717, 1.165) is 46.7 Å². The molecule has 0 bridgehead atoms. The first kappa shape index (κ1) is 17.7. The zero-order valence-electron chi connectivity index (χ0n) is 15.5. The van der Waals surface area contributed by atoms with Gasteiger partial charge in [0.2, 0.25) is 0 Å². The number of para-hydroxylation sites is 1. The van der Waals surface area contributed by atoms with Crippen LogP contribution in [0.3, 0.4) is 0 Å². The van der Waals surface area contributed by atoms with Gasteiger partial charge in [-0.15, -0.1) is 21.5 Å². The zero-order chi connectivity index (χ0) is 19.1. The molecule has 0 spiro atoms. The SMILES string of the molecule is C[C@H](Sc1nnc(Cc2cccs2)n1C1CC1)C(=O)c1c[nH]c2ccccc12. The van der Waals surface area contributed by atoms with Gasteiger partial charge >= 0.3 is 0 Å². The van der Waals surface area contributed by atoms with E-state index in [4.69, 9.17) is 0 Å². The standard InChI is InChI=1S/C21H20N4OS2/c1-13(20(26)17-12-22-18-7-3-2-6-16(17)18)28-21-24-23-19(25(21)14-8-9-14)11-15-5-4-10-27-15/h2-7,10,12-14,22H,8-9,11H2,1H3/t13-/m0/s1. The first-order valence-electron chi connectivity index (χ1n) is 9.44. The number of thioether (sulfide) groups is 1. The van der Waals surface area contributed by atoms with Crippen LogP contribution in [-0.2, 0) is 6.42 Å². The number of H-pyrrole nitrogens is 1. The van der Waals surface area contributed by atoms with Crippen LogP contribution in [0.1, 0.15) is 46.9 Å². The van der Waals surface area contributed by atoms with E-state index in [1.807, 2.05) is 37.4 Å². The molecule has 3 aromatic heterocycles. The van der Waals surface area contributed by atoms with E-state index in [1.54, 1.807) is 11.3 Å². The molecule has 1 aliphatic carbocycles. The van der Waals surface area contributed by atoms with Crippen LogP contribution >= 0.6 is 23.1 Å². The number of aromatic amines is 1. The van der Waals surface area contributed by atoms with Gasteiger partial charge in [0.25, 0.3) is 0 Å². The number of nitrogens with zero attached hydrogens (tertiary/aromatic N) is 3. The molecule has 0 aliphatic heterocycles. The van der Waals surface area contributed by atoms with E-state index in [1.165, 1.54) is 16.6 Å². The zero-order valence-corrected chi connectivity index (χ0v) is 17.1. The van der Waals surface area contributed by atoms with Gasteiger partial charge in [-0.2, -0.15) is 0 Å². The molecule has 0 radical (unpaired) electrons. The van der Waals surface area contributed by atoms with Crippen LogP contribution in [-0.4, -0.2) is 30.8 Å². The molecule has 5 rings (SSSR count). The Morgan fingerprint density at radius 3 is 2.93 bits per heavy atom. The summed E-state index contributed by atoms with van der Waals surface area (Å²) in [6.45, 7) is 1.96. The third-order valence-electron chi connectivity index (χ3n) is 5.07. The van der Waals surface area contributed by atoms with Crippen LogP contribution in [0.2, 0.25) is 0 Å². The molecule has 1 aromatic carbocycles. The van der Waals surface area contributed by atoms with Crippen molar-refractivity contribution in [3.05, 3.63) is 64.2 Å². The molecule has 3 heterocycles. The van der Waals surface area contributed by atoms with Crippen molar-refractivity contribution in [3.8, 4) is 0 Å². The van der Waals surface area contributed by atoms with Crippen molar-refractivity contribution in [1.29, 1.82) is 0 Å². The summed E-state index contributed by atoms with van der Waals surface area (Å²) in [7, 11) is 0. The highest BCUT2D eigenvalue weighted by Gasteiger charge is 2.31. The van der Waals surface area contributed by atoms with Crippen LogP contribution < -0.4 is 0 Å². The average molecular weight is 409 g/mol. The van der Waals surface area contributed by atoms with Crippen molar-refractivity contribution in [2.24, 2.45) is 0 Å². The fraction of sp³-hybridized carbons (Fsp3) is 0.286. The highest BCUT2D eigenvalue weighted by molar-refractivity contribution is 8.00. The van der Waals surface area contributed by atoms with E-state index in [-0.39, 0.29) is 11.0 Å².